The first-order chi connectivity index (χ1) is 10.6. The van der Waals surface area contributed by atoms with Crippen LogP contribution < -0.4 is 10.6 Å². The lowest BCUT2D eigenvalue weighted by Crippen LogP contribution is -2.45. The number of halogens is 2. The van der Waals surface area contributed by atoms with E-state index in [1.54, 1.807) is 7.05 Å². The van der Waals surface area contributed by atoms with Gasteiger partial charge in [-0.05, 0) is 44.6 Å². The average molecular weight is 432 g/mol. The van der Waals surface area contributed by atoms with Crippen LogP contribution in [0.25, 0.3) is 0 Å². The summed E-state index contributed by atoms with van der Waals surface area (Å²) in [5, 5.41) is 6.78. The predicted molar refractivity (Wildman–Crippen MR) is 105 cm³/mol. The molecule has 23 heavy (non-hydrogen) atoms. The van der Waals surface area contributed by atoms with Crippen LogP contribution in [0.2, 0.25) is 0 Å². The largest absolute Gasteiger partial charge is 0.354 e. The Morgan fingerprint density at radius 2 is 1.87 bits per heavy atom. The average Bonchev–Trinajstić information content (AvgIpc) is 3.00. The smallest absolute Gasteiger partial charge is 0.191 e. The second-order valence-corrected chi connectivity index (χ2v) is 5.77. The van der Waals surface area contributed by atoms with Gasteiger partial charge in [-0.25, -0.2) is 4.39 Å². The minimum Gasteiger partial charge on any atom is -0.354 e. The molecule has 1 aliphatic rings. The van der Waals surface area contributed by atoms with Crippen LogP contribution in [0.3, 0.4) is 0 Å². The fourth-order valence-corrected chi connectivity index (χ4v) is 2.60. The van der Waals surface area contributed by atoms with Gasteiger partial charge in [-0.3, -0.25) is 4.99 Å². The van der Waals surface area contributed by atoms with Crippen LogP contribution in [0.15, 0.2) is 41.4 Å². The lowest BCUT2D eigenvalue weighted by atomic mass is 10.1. The van der Waals surface area contributed by atoms with Gasteiger partial charge in [0.05, 0.1) is 6.04 Å². The highest BCUT2D eigenvalue weighted by molar-refractivity contribution is 14.0. The van der Waals surface area contributed by atoms with Crippen LogP contribution in [-0.2, 0) is 0 Å². The Hall–Kier alpha value is -1.15. The van der Waals surface area contributed by atoms with Crippen LogP contribution in [0.4, 0.5) is 4.39 Å². The highest BCUT2D eigenvalue weighted by atomic mass is 127. The van der Waals surface area contributed by atoms with E-state index < -0.39 is 0 Å². The summed E-state index contributed by atoms with van der Waals surface area (Å²) in [6.45, 7) is 0.707. The number of benzene rings is 1. The van der Waals surface area contributed by atoms with Crippen molar-refractivity contribution in [2.45, 2.75) is 24.9 Å². The zero-order valence-electron chi connectivity index (χ0n) is 13.9. The number of aliphatic imine (C=N–C) groups is 1. The van der Waals surface area contributed by atoms with Gasteiger partial charge in [0.1, 0.15) is 5.82 Å². The number of nitrogens with one attached hydrogen (secondary N) is 2. The summed E-state index contributed by atoms with van der Waals surface area (Å²) in [5.74, 6) is 0.600. The quantitative estimate of drug-likeness (QED) is 0.326. The third kappa shape index (κ3) is 6.10. The van der Waals surface area contributed by atoms with Gasteiger partial charge in [0.25, 0.3) is 0 Å². The molecule has 0 fully saturated rings. The summed E-state index contributed by atoms with van der Waals surface area (Å²) >= 11 is 0. The molecule has 1 aromatic rings. The van der Waals surface area contributed by atoms with Crippen LogP contribution in [0.1, 0.15) is 24.4 Å². The molecule has 1 aliphatic carbocycles. The maximum atomic E-state index is 13.1. The van der Waals surface area contributed by atoms with Crippen molar-refractivity contribution in [3.05, 3.63) is 47.8 Å². The summed E-state index contributed by atoms with van der Waals surface area (Å²) in [4.78, 5) is 6.39. The molecule has 0 saturated heterocycles. The predicted octanol–water partition coefficient (Wildman–Crippen LogP) is 2.93. The van der Waals surface area contributed by atoms with Gasteiger partial charge in [-0.15, -0.1) is 24.0 Å². The molecule has 0 heterocycles. The SMILES string of the molecule is CN=C(NCC(c1ccc(F)cc1)N(C)C)NC1CC=CC1.I. The standard InChI is InChI=1S/C17H25FN4.HI/c1-19-17(21-15-6-4-5-7-15)20-12-16(22(2)3)13-8-10-14(18)11-9-13;/h4-5,8-11,15-16H,6-7,12H2,1-3H3,(H2,19,20,21);1H. The van der Waals surface area contributed by atoms with E-state index in [0.29, 0.717) is 12.6 Å². The zero-order chi connectivity index (χ0) is 15.9. The Morgan fingerprint density at radius 3 is 2.39 bits per heavy atom. The van der Waals surface area contributed by atoms with Crippen LogP contribution in [0.5, 0.6) is 0 Å². The van der Waals surface area contributed by atoms with Gasteiger partial charge in [0, 0.05) is 19.6 Å². The molecule has 1 unspecified atom stereocenters. The summed E-state index contributed by atoms with van der Waals surface area (Å²) in [7, 11) is 5.82. The Morgan fingerprint density at radius 1 is 1.26 bits per heavy atom. The molecule has 128 valence electrons. The number of rotatable bonds is 5. The van der Waals surface area contributed by atoms with Crippen LogP contribution in [0, 0.1) is 5.82 Å². The highest BCUT2D eigenvalue weighted by Crippen LogP contribution is 2.17. The lowest BCUT2D eigenvalue weighted by Gasteiger charge is -2.26. The minimum atomic E-state index is -0.208. The number of hydrogen-bond donors (Lipinski definition) is 2. The topological polar surface area (TPSA) is 39.7 Å². The molecular weight excluding hydrogens is 406 g/mol. The maximum Gasteiger partial charge on any atom is 0.191 e. The van der Waals surface area contributed by atoms with Crippen molar-refractivity contribution in [2.75, 3.05) is 27.7 Å². The van der Waals surface area contributed by atoms with Crippen LogP contribution >= 0.6 is 24.0 Å². The van der Waals surface area contributed by atoms with Crippen molar-refractivity contribution >= 4 is 29.9 Å². The summed E-state index contributed by atoms with van der Waals surface area (Å²) < 4.78 is 13.1. The number of guanidine groups is 1. The summed E-state index contributed by atoms with van der Waals surface area (Å²) in [5.41, 5.74) is 1.08. The lowest BCUT2D eigenvalue weighted by molar-refractivity contribution is 0.297. The fourth-order valence-electron chi connectivity index (χ4n) is 2.60. The molecule has 2 rings (SSSR count). The normalized spacial score (nSPS) is 16.3. The molecule has 0 radical (unpaired) electrons. The van der Waals surface area contributed by atoms with E-state index in [4.69, 9.17) is 0 Å². The van der Waals surface area contributed by atoms with E-state index in [0.717, 1.165) is 24.4 Å². The van der Waals surface area contributed by atoms with Gasteiger partial charge in [-0.1, -0.05) is 24.3 Å². The molecule has 0 saturated carbocycles. The second-order valence-electron chi connectivity index (χ2n) is 5.77. The first-order valence-electron chi connectivity index (χ1n) is 7.64. The third-order valence-electron chi connectivity index (χ3n) is 3.91. The summed E-state index contributed by atoms with van der Waals surface area (Å²) in [6.07, 6.45) is 6.45. The molecule has 0 amide bonds. The van der Waals surface area contributed by atoms with E-state index in [1.807, 2.05) is 26.2 Å². The van der Waals surface area contributed by atoms with E-state index in [2.05, 4.69) is 32.7 Å². The van der Waals surface area contributed by atoms with Gasteiger partial charge in [0.2, 0.25) is 0 Å². The molecule has 1 aromatic carbocycles. The van der Waals surface area contributed by atoms with Crippen molar-refractivity contribution in [3.8, 4) is 0 Å². The van der Waals surface area contributed by atoms with Crippen molar-refractivity contribution in [3.63, 3.8) is 0 Å². The van der Waals surface area contributed by atoms with Crippen LogP contribution in [-0.4, -0.2) is 44.6 Å². The molecule has 2 N–H and O–H groups in total. The molecular formula is C17H26FIN4. The number of likely N-dealkylation sites (N-methyl/N-ethyl adjacent to an activating group) is 1. The van der Waals surface area contributed by atoms with Gasteiger partial charge in [-0.2, -0.15) is 0 Å². The van der Waals surface area contributed by atoms with Gasteiger partial charge < -0.3 is 15.5 Å². The molecule has 0 aromatic heterocycles. The Bertz CT molecular complexity index is 520. The van der Waals surface area contributed by atoms with Crippen molar-refractivity contribution in [1.29, 1.82) is 0 Å². The number of nitrogens with zero attached hydrogens (tertiary/aromatic N) is 2. The van der Waals surface area contributed by atoms with Crippen molar-refractivity contribution in [2.24, 2.45) is 4.99 Å². The van der Waals surface area contributed by atoms with Crippen molar-refractivity contribution < 1.29 is 4.39 Å². The van der Waals surface area contributed by atoms with E-state index in [-0.39, 0.29) is 35.8 Å². The minimum absolute atomic E-state index is 0. The molecule has 1 atom stereocenters. The van der Waals surface area contributed by atoms with E-state index in [9.17, 15) is 4.39 Å². The molecule has 0 aliphatic heterocycles. The Labute approximate surface area is 155 Å². The molecule has 0 spiro atoms. The number of hydrogen-bond acceptors (Lipinski definition) is 2. The Balaban J connectivity index is 0.00000264. The second kappa shape index (κ2) is 9.87. The van der Waals surface area contributed by atoms with Gasteiger partial charge >= 0.3 is 0 Å². The first-order valence-corrected chi connectivity index (χ1v) is 7.64. The maximum absolute atomic E-state index is 13.1. The first kappa shape index (κ1) is 19.9. The molecule has 6 heteroatoms. The molecule has 0 bridgehead atoms. The third-order valence-corrected chi connectivity index (χ3v) is 3.91. The van der Waals surface area contributed by atoms with Crippen molar-refractivity contribution in [1.82, 2.24) is 15.5 Å². The Kier molecular flexibility index (Phi) is 8.54. The van der Waals surface area contributed by atoms with Gasteiger partial charge in [0.15, 0.2) is 5.96 Å². The highest BCUT2D eigenvalue weighted by Gasteiger charge is 2.16. The monoisotopic (exact) mass is 432 g/mol. The zero-order valence-corrected chi connectivity index (χ0v) is 16.3. The van der Waals surface area contributed by atoms with E-state index >= 15 is 0 Å². The molecule has 4 nitrogen and oxygen atoms in total. The summed E-state index contributed by atoms with van der Waals surface area (Å²) in [6, 6.07) is 7.25. The van der Waals surface area contributed by atoms with E-state index in [1.165, 1.54) is 12.1 Å². The fraction of sp³-hybridized carbons (Fsp3) is 0.471.